The number of rotatable bonds is 5. The van der Waals surface area contributed by atoms with Crippen LogP contribution < -0.4 is 5.56 Å². The minimum atomic E-state index is -0.124. The summed E-state index contributed by atoms with van der Waals surface area (Å²) in [7, 11) is 1.99. The zero-order chi connectivity index (χ0) is 21.4. The van der Waals surface area contributed by atoms with E-state index >= 15 is 0 Å². The summed E-state index contributed by atoms with van der Waals surface area (Å²) in [5.41, 5.74) is 4.03. The van der Waals surface area contributed by atoms with Gasteiger partial charge in [0, 0.05) is 26.2 Å². The quantitative estimate of drug-likeness (QED) is 0.527. The molecule has 2 aromatic carbocycles. The van der Waals surface area contributed by atoms with Crippen LogP contribution in [0.15, 0.2) is 70.6 Å². The molecule has 0 aliphatic carbocycles. The summed E-state index contributed by atoms with van der Waals surface area (Å²) in [6.45, 7) is 1.63. The third kappa shape index (κ3) is 3.70. The number of aliphatic imine (C=N–C) groups is 1. The number of fused-ring (bicyclic) bond motifs is 1. The van der Waals surface area contributed by atoms with Crippen LogP contribution in [0.4, 0.5) is 0 Å². The van der Waals surface area contributed by atoms with Gasteiger partial charge >= 0.3 is 0 Å². The number of amidine groups is 1. The van der Waals surface area contributed by atoms with Gasteiger partial charge in [0.25, 0.3) is 5.56 Å². The average Bonchev–Trinajstić information content (AvgIpc) is 3.33. The van der Waals surface area contributed by atoms with Crippen molar-refractivity contribution in [3.63, 3.8) is 0 Å². The number of aromatic amines is 1. The molecule has 0 atom stereocenters. The Kier molecular flexibility index (Phi) is 4.78. The highest BCUT2D eigenvalue weighted by atomic mass is 16.3. The fraction of sp³-hybridized carbons (Fsp3) is 0.208. The van der Waals surface area contributed by atoms with Crippen LogP contribution >= 0.6 is 0 Å². The van der Waals surface area contributed by atoms with Crippen molar-refractivity contribution < 1.29 is 5.11 Å². The van der Waals surface area contributed by atoms with Gasteiger partial charge in [0.1, 0.15) is 17.3 Å². The molecule has 7 heteroatoms. The first-order chi connectivity index (χ1) is 15.1. The largest absolute Gasteiger partial charge is 0.508 e. The van der Waals surface area contributed by atoms with E-state index in [0.717, 1.165) is 41.4 Å². The van der Waals surface area contributed by atoms with Gasteiger partial charge in [-0.2, -0.15) is 0 Å². The number of hydrogen-bond donors (Lipinski definition) is 2. The van der Waals surface area contributed by atoms with Crippen molar-refractivity contribution in [1.29, 1.82) is 0 Å². The van der Waals surface area contributed by atoms with Crippen molar-refractivity contribution in [2.24, 2.45) is 4.99 Å². The predicted octanol–water partition coefficient (Wildman–Crippen LogP) is 2.85. The predicted molar refractivity (Wildman–Crippen MR) is 120 cm³/mol. The van der Waals surface area contributed by atoms with Gasteiger partial charge in [-0.3, -0.25) is 14.4 Å². The van der Waals surface area contributed by atoms with Crippen molar-refractivity contribution in [3.05, 3.63) is 88.1 Å². The number of hydrogen-bond acceptors (Lipinski definition) is 5. The highest BCUT2D eigenvalue weighted by Gasteiger charge is 2.23. The molecule has 3 aliphatic heterocycles. The Morgan fingerprint density at radius 2 is 1.84 bits per heavy atom. The highest BCUT2D eigenvalue weighted by Crippen LogP contribution is 2.25. The standard InChI is InChI=1S/C24H23N5O2/c1-28-12-11-25-22(28)14-20-24(31)29-15-21(17-7-9-18(30)10-8-17)26-19(23(29)27-20)13-16-5-3-2-4-6-16/h2-10,15,26,30H,11-14H2,1H3. The molecule has 2 N–H and O–H groups in total. The minimum absolute atomic E-state index is 0.124. The van der Waals surface area contributed by atoms with Gasteiger partial charge in [-0.1, -0.05) is 30.3 Å². The number of aromatic hydroxyl groups is 1. The number of nitrogens with one attached hydrogen (secondary N) is 1. The zero-order valence-corrected chi connectivity index (χ0v) is 17.2. The highest BCUT2D eigenvalue weighted by molar-refractivity contribution is 5.85. The summed E-state index contributed by atoms with van der Waals surface area (Å²) in [6, 6.07) is 17.0. The molecule has 156 valence electrons. The second-order valence-electron chi connectivity index (χ2n) is 7.81. The third-order valence-corrected chi connectivity index (χ3v) is 5.65. The van der Waals surface area contributed by atoms with Gasteiger partial charge < -0.3 is 15.0 Å². The Balaban J connectivity index is 1.63. The first-order valence-corrected chi connectivity index (χ1v) is 10.3. The number of benzene rings is 2. The van der Waals surface area contributed by atoms with Gasteiger partial charge in [-0.15, -0.1) is 0 Å². The zero-order valence-electron chi connectivity index (χ0n) is 17.2. The van der Waals surface area contributed by atoms with Crippen molar-refractivity contribution in [3.8, 4) is 22.8 Å². The number of aromatic nitrogens is 3. The first-order valence-electron chi connectivity index (χ1n) is 10.3. The van der Waals surface area contributed by atoms with E-state index in [1.54, 1.807) is 22.9 Å². The molecule has 0 aromatic heterocycles. The molecule has 0 spiro atoms. The molecule has 0 radical (unpaired) electrons. The van der Waals surface area contributed by atoms with Crippen LogP contribution in [0.2, 0.25) is 0 Å². The summed E-state index contributed by atoms with van der Waals surface area (Å²) in [5.74, 6) is 1.73. The van der Waals surface area contributed by atoms with Crippen LogP contribution in [0.5, 0.6) is 5.75 Å². The first kappa shape index (κ1) is 19.1. The molecule has 0 fully saturated rings. The summed E-state index contributed by atoms with van der Waals surface area (Å²) in [5, 5.41) is 9.64. The van der Waals surface area contributed by atoms with E-state index in [9.17, 15) is 9.90 Å². The summed E-state index contributed by atoms with van der Waals surface area (Å²) >= 11 is 0. The lowest BCUT2D eigenvalue weighted by molar-refractivity contribution is 0.475. The molecule has 5 rings (SSSR count). The van der Waals surface area contributed by atoms with Gasteiger partial charge in [0.2, 0.25) is 0 Å². The molecule has 31 heavy (non-hydrogen) atoms. The lowest BCUT2D eigenvalue weighted by Crippen LogP contribution is -2.27. The van der Waals surface area contributed by atoms with Crippen molar-refractivity contribution in [2.75, 3.05) is 20.1 Å². The Morgan fingerprint density at radius 1 is 1.06 bits per heavy atom. The Morgan fingerprint density at radius 3 is 2.55 bits per heavy atom. The molecule has 2 aromatic rings. The van der Waals surface area contributed by atoms with Crippen LogP contribution in [0.25, 0.3) is 17.1 Å². The molecule has 0 unspecified atom stereocenters. The normalized spacial score (nSPS) is 13.7. The maximum Gasteiger partial charge on any atom is 0.278 e. The summed E-state index contributed by atoms with van der Waals surface area (Å²) < 4.78 is 1.63. The second-order valence-corrected chi connectivity index (χ2v) is 7.81. The van der Waals surface area contributed by atoms with E-state index in [1.165, 1.54) is 0 Å². The van der Waals surface area contributed by atoms with Crippen molar-refractivity contribution in [1.82, 2.24) is 19.4 Å². The molecule has 0 saturated carbocycles. The van der Waals surface area contributed by atoms with Crippen LogP contribution in [0.3, 0.4) is 0 Å². The van der Waals surface area contributed by atoms with E-state index in [4.69, 9.17) is 4.98 Å². The van der Waals surface area contributed by atoms with E-state index in [1.807, 2.05) is 37.4 Å². The fourth-order valence-electron chi connectivity index (χ4n) is 3.92. The van der Waals surface area contributed by atoms with Gasteiger partial charge in [0.05, 0.1) is 24.4 Å². The number of phenols is 1. The van der Waals surface area contributed by atoms with Crippen LogP contribution in [-0.4, -0.2) is 50.5 Å². The monoisotopic (exact) mass is 413 g/mol. The maximum absolute atomic E-state index is 13.2. The molecule has 0 amide bonds. The van der Waals surface area contributed by atoms with E-state index in [-0.39, 0.29) is 11.3 Å². The van der Waals surface area contributed by atoms with Crippen LogP contribution in [0.1, 0.15) is 17.0 Å². The maximum atomic E-state index is 13.2. The second kappa shape index (κ2) is 7.75. The molecule has 7 nitrogen and oxygen atoms in total. The average molecular weight is 413 g/mol. The minimum Gasteiger partial charge on any atom is -0.508 e. The lowest BCUT2D eigenvalue weighted by atomic mass is 10.1. The Labute approximate surface area is 179 Å². The summed E-state index contributed by atoms with van der Waals surface area (Å²) in [6.07, 6.45) is 2.83. The SMILES string of the molecule is CN1CCN=C1Cc1nc2c(Cc3ccccc3)[nH]c(-c3ccc(O)cc3)cn-2c1=O. The molecular weight excluding hydrogens is 390 g/mol. The molecule has 0 bridgehead atoms. The van der Waals surface area contributed by atoms with Crippen LogP contribution in [0, 0.1) is 0 Å². The Hall–Kier alpha value is -3.87. The number of H-pyrrole nitrogens is 1. The number of imidazole rings is 1. The topological polar surface area (TPSA) is 86.5 Å². The number of likely N-dealkylation sites (N-methyl/N-ethyl adjacent to an activating group) is 1. The van der Waals surface area contributed by atoms with Crippen molar-refractivity contribution in [2.45, 2.75) is 12.8 Å². The molecule has 3 heterocycles. The Bertz CT molecular complexity index is 1270. The van der Waals surface area contributed by atoms with Gasteiger partial charge in [-0.05, 0) is 35.4 Å². The molecule has 0 saturated heterocycles. The fourth-order valence-corrected chi connectivity index (χ4v) is 3.92. The van der Waals surface area contributed by atoms with E-state index in [0.29, 0.717) is 24.4 Å². The van der Waals surface area contributed by atoms with Gasteiger partial charge in [-0.25, -0.2) is 4.98 Å². The number of phenolic OH excluding ortho intramolecular Hbond substituents is 1. The molecule has 3 aliphatic rings. The van der Waals surface area contributed by atoms with E-state index in [2.05, 4.69) is 27.0 Å². The molecular formula is C24H23N5O2. The summed E-state index contributed by atoms with van der Waals surface area (Å²) in [4.78, 5) is 28.0. The van der Waals surface area contributed by atoms with Crippen LogP contribution in [-0.2, 0) is 12.8 Å². The lowest BCUT2D eigenvalue weighted by Gasteiger charge is -2.13. The number of nitrogens with zero attached hydrogens (tertiary/aromatic N) is 4. The van der Waals surface area contributed by atoms with E-state index < -0.39 is 0 Å². The smallest absolute Gasteiger partial charge is 0.278 e. The van der Waals surface area contributed by atoms with Crippen molar-refractivity contribution >= 4 is 5.84 Å². The third-order valence-electron chi connectivity index (χ3n) is 5.65. The van der Waals surface area contributed by atoms with Gasteiger partial charge in [0.15, 0.2) is 5.82 Å².